The summed E-state index contributed by atoms with van der Waals surface area (Å²) < 4.78 is 15.6. The number of benzene rings is 2. The zero-order chi connectivity index (χ0) is 31.0. The van der Waals surface area contributed by atoms with Crippen LogP contribution in [0.4, 0.5) is 0 Å². The number of imidazole rings is 1. The van der Waals surface area contributed by atoms with Crippen molar-refractivity contribution in [2.24, 2.45) is 24.6 Å². The van der Waals surface area contributed by atoms with Gasteiger partial charge in [0.2, 0.25) is 0 Å². The molecule has 3 N–H and O–H groups in total. The number of fused-ring (bicyclic) bond motifs is 4. The minimum atomic E-state index is -0.113. The molecule has 2 aliphatic carbocycles. The van der Waals surface area contributed by atoms with Gasteiger partial charge in [0, 0.05) is 54.3 Å². The van der Waals surface area contributed by atoms with E-state index in [1.807, 2.05) is 48.3 Å². The molecular weight excluding hydrogens is 568 g/mol. The molecule has 2 saturated carbocycles. The van der Waals surface area contributed by atoms with Gasteiger partial charge in [0.1, 0.15) is 22.7 Å². The monoisotopic (exact) mass is 606 g/mol. The fourth-order valence-corrected chi connectivity index (χ4v) is 7.54. The molecule has 4 heterocycles. The zero-order valence-corrected chi connectivity index (χ0v) is 25.9. The lowest BCUT2D eigenvalue weighted by Gasteiger charge is -2.27. The van der Waals surface area contributed by atoms with Crippen LogP contribution in [0.1, 0.15) is 41.6 Å². The summed E-state index contributed by atoms with van der Waals surface area (Å²) in [6.07, 6.45) is 4.45. The molecule has 5 aromatic rings. The van der Waals surface area contributed by atoms with Crippen molar-refractivity contribution < 1.29 is 19.4 Å². The van der Waals surface area contributed by atoms with Gasteiger partial charge in [-0.15, -0.1) is 0 Å². The summed E-state index contributed by atoms with van der Waals surface area (Å²) in [5, 5.41) is 10.9. The summed E-state index contributed by atoms with van der Waals surface area (Å²) >= 11 is 0. The largest absolute Gasteiger partial charge is 0.496 e. The maximum atomic E-state index is 13.7. The maximum absolute atomic E-state index is 13.7. The first-order valence-corrected chi connectivity index (χ1v) is 15.8. The summed E-state index contributed by atoms with van der Waals surface area (Å²) in [5.41, 5.74) is 12.9. The highest BCUT2D eigenvalue weighted by Gasteiger charge is 2.47. The molecule has 45 heavy (non-hydrogen) atoms. The minimum Gasteiger partial charge on any atom is -0.496 e. The second-order valence-corrected chi connectivity index (χ2v) is 12.9. The third-order valence-electron chi connectivity index (χ3n) is 10.2. The normalized spacial score (nSPS) is 20.9. The minimum absolute atomic E-state index is 0.00693. The van der Waals surface area contributed by atoms with Gasteiger partial charge < -0.3 is 34.3 Å². The van der Waals surface area contributed by atoms with Gasteiger partial charge in [-0.25, -0.2) is 9.97 Å². The number of nitrogens with two attached hydrogens (primary N) is 1. The van der Waals surface area contributed by atoms with Crippen LogP contribution in [0.25, 0.3) is 44.8 Å². The van der Waals surface area contributed by atoms with Gasteiger partial charge in [0.05, 0.1) is 37.7 Å². The molecule has 2 bridgehead atoms. The fourth-order valence-electron chi connectivity index (χ4n) is 7.54. The number of piperidine rings is 1. The number of carbonyl (C=O) groups excluding carboxylic acids is 1. The Hall–Kier alpha value is -4.41. The predicted octanol–water partition coefficient (Wildman–Crippen LogP) is 4.74. The second-order valence-electron chi connectivity index (χ2n) is 12.9. The Morgan fingerprint density at radius 1 is 1.00 bits per heavy atom. The first-order valence-electron chi connectivity index (χ1n) is 15.8. The molecule has 1 aliphatic heterocycles. The molecule has 3 fully saturated rings. The number of rotatable bonds is 8. The predicted molar refractivity (Wildman–Crippen MR) is 172 cm³/mol. The summed E-state index contributed by atoms with van der Waals surface area (Å²) in [4.78, 5) is 26.0. The van der Waals surface area contributed by atoms with Crippen LogP contribution < -0.4 is 15.2 Å². The number of aliphatic hydroxyl groups is 1. The average Bonchev–Trinajstić information content (AvgIpc) is 3.47. The van der Waals surface area contributed by atoms with Crippen LogP contribution in [-0.4, -0.2) is 67.9 Å². The van der Waals surface area contributed by atoms with Crippen molar-refractivity contribution >= 4 is 28.0 Å². The van der Waals surface area contributed by atoms with Crippen LogP contribution in [-0.2, 0) is 20.2 Å². The van der Waals surface area contributed by atoms with Gasteiger partial charge >= 0.3 is 0 Å². The molecule has 3 aromatic heterocycles. The van der Waals surface area contributed by atoms with Crippen molar-refractivity contribution in [1.29, 1.82) is 0 Å². The molecule has 8 rings (SSSR count). The number of methoxy groups -OCH3 is 2. The van der Waals surface area contributed by atoms with E-state index in [9.17, 15) is 9.90 Å². The maximum Gasteiger partial charge on any atom is 0.254 e. The Balaban J connectivity index is 1.23. The highest BCUT2D eigenvalue weighted by atomic mass is 16.5. The Labute approximate surface area is 261 Å². The Morgan fingerprint density at radius 2 is 1.82 bits per heavy atom. The van der Waals surface area contributed by atoms with Crippen molar-refractivity contribution in [3.63, 3.8) is 0 Å². The number of carbonyl (C=O) groups is 1. The number of hydrogen-bond acceptors (Lipinski definition) is 7. The molecule has 1 saturated heterocycles. The van der Waals surface area contributed by atoms with E-state index in [2.05, 4.69) is 21.3 Å². The summed E-state index contributed by atoms with van der Waals surface area (Å²) in [6, 6.07) is 15.9. The highest BCUT2D eigenvalue weighted by molar-refractivity contribution is 6.00. The van der Waals surface area contributed by atoms with Crippen LogP contribution in [0.2, 0.25) is 0 Å². The van der Waals surface area contributed by atoms with Crippen LogP contribution in [0, 0.1) is 11.8 Å². The van der Waals surface area contributed by atoms with Gasteiger partial charge in [-0.2, -0.15) is 0 Å². The lowest BCUT2D eigenvalue weighted by molar-refractivity contribution is 0.0700. The van der Waals surface area contributed by atoms with Gasteiger partial charge in [-0.1, -0.05) is 0 Å². The second kappa shape index (κ2) is 10.6. The molecule has 10 heteroatoms. The number of likely N-dealkylation sites (tertiary alicyclic amines) is 1. The van der Waals surface area contributed by atoms with E-state index in [4.69, 9.17) is 25.2 Å². The summed E-state index contributed by atoms with van der Waals surface area (Å²) in [7, 11) is 5.24. The molecule has 0 spiro atoms. The van der Waals surface area contributed by atoms with Crippen LogP contribution in [0.3, 0.4) is 0 Å². The lowest BCUT2D eigenvalue weighted by atomic mass is 10.1. The standard InChI is InChI=1S/C35H38N6O4/c1-39-32-26(13-23(15-30(32)45-3)35(43)41-17-22-7-10-27(41)31(22)36)38-34(39)28-14-21-6-9-25(37-33(21)40(28)16-19-4-5-19)20-8-11-29(44-2)24(12-20)18-42/h6,8-9,11-15,19,22,27,31,42H,4-5,7,10,16-18,36H2,1-3H3/t22-,27-,31-/m1/s1. The molecule has 3 atom stereocenters. The van der Waals surface area contributed by atoms with Crippen molar-refractivity contribution in [2.75, 3.05) is 20.8 Å². The SMILES string of the molecule is COc1ccc(-c2ccc3cc(-c4nc5cc(C(=O)N6C[C@H]7CC[C@@H]6[C@@H]7N)cc(OC)c5n4C)n(CC4CC4)c3n2)cc1CO. The number of aliphatic hydroxyl groups excluding tert-OH is 1. The Kier molecular flexibility index (Phi) is 6.61. The number of pyridine rings is 1. The summed E-state index contributed by atoms with van der Waals surface area (Å²) in [5.74, 6) is 3.04. The molecule has 10 nitrogen and oxygen atoms in total. The number of ether oxygens (including phenoxy) is 2. The molecule has 232 valence electrons. The van der Waals surface area contributed by atoms with E-state index in [1.54, 1.807) is 14.2 Å². The van der Waals surface area contributed by atoms with E-state index in [0.29, 0.717) is 35.4 Å². The lowest BCUT2D eigenvalue weighted by Crippen LogP contribution is -2.41. The molecule has 0 unspecified atom stereocenters. The van der Waals surface area contributed by atoms with Crippen molar-refractivity contribution in [3.05, 3.63) is 59.7 Å². The third-order valence-corrected chi connectivity index (χ3v) is 10.2. The third kappa shape index (κ3) is 4.49. The first-order chi connectivity index (χ1) is 21.9. The van der Waals surface area contributed by atoms with Gasteiger partial charge in [0.15, 0.2) is 5.82 Å². The average molecular weight is 607 g/mol. The van der Waals surface area contributed by atoms with Crippen LogP contribution in [0.5, 0.6) is 11.5 Å². The summed E-state index contributed by atoms with van der Waals surface area (Å²) in [6.45, 7) is 1.45. The molecule has 1 amide bonds. The number of aromatic nitrogens is 4. The van der Waals surface area contributed by atoms with Crippen LogP contribution in [0.15, 0.2) is 48.5 Å². The number of hydrogen-bond donors (Lipinski definition) is 2. The van der Waals surface area contributed by atoms with E-state index in [0.717, 1.165) is 69.8 Å². The van der Waals surface area contributed by atoms with E-state index >= 15 is 0 Å². The van der Waals surface area contributed by atoms with Gasteiger partial charge in [0.25, 0.3) is 5.91 Å². The van der Waals surface area contributed by atoms with Gasteiger partial charge in [-0.05, 0) is 86.1 Å². The smallest absolute Gasteiger partial charge is 0.254 e. The van der Waals surface area contributed by atoms with E-state index in [-0.39, 0.29) is 24.6 Å². The van der Waals surface area contributed by atoms with E-state index in [1.165, 1.54) is 12.8 Å². The van der Waals surface area contributed by atoms with Crippen molar-refractivity contribution in [1.82, 2.24) is 24.0 Å². The highest BCUT2D eigenvalue weighted by Crippen LogP contribution is 2.40. The zero-order valence-electron chi connectivity index (χ0n) is 25.9. The molecule has 3 aliphatic rings. The fraction of sp³-hybridized carbons (Fsp3) is 0.400. The van der Waals surface area contributed by atoms with Gasteiger partial charge in [-0.3, -0.25) is 4.79 Å². The van der Waals surface area contributed by atoms with E-state index < -0.39 is 0 Å². The number of amides is 1. The number of aryl methyl sites for hydroxylation is 1. The van der Waals surface area contributed by atoms with Crippen molar-refractivity contribution in [2.45, 2.75) is 50.9 Å². The quantitative estimate of drug-likeness (QED) is 0.262. The molecular formula is C35H38N6O4. The topological polar surface area (TPSA) is 121 Å². The van der Waals surface area contributed by atoms with Crippen LogP contribution >= 0.6 is 0 Å². The first kappa shape index (κ1) is 28.1. The number of nitrogens with zero attached hydrogens (tertiary/aromatic N) is 5. The Morgan fingerprint density at radius 3 is 2.51 bits per heavy atom. The Bertz CT molecular complexity index is 1970. The molecule has 2 aromatic carbocycles. The van der Waals surface area contributed by atoms with Crippen molar-refractivity contribution in [3.8, 4) is 34.3 Å². The molecule has 0 radical (unpaired) electrons.